The van der Waals surface area contributed by atoms with Gasteiger partial charge in [-0.15, -0.1) is 0 Å². The first-order chi connectivity index (χ1) is 13.1. The Balaban J connectivity index is 1.54. The van der Waals surface area contributed by atoms with Crippen molar-refractivity contribution in [1.82, 2.24) is 5.32 Å². The fourth-order valence-electron chi connectivity index (χ4n) is 6.98. The highest BCUT2D eigenvalue weighted by molar-refractivity contribution is 8.14. The molecule has 0 unspecified atom stereocenters. The van der Waals surface area contributed by atoms with Gasteiger partial charge in [0.1, 0.15) is 0 Å². The molecule has 3 aliphatic carbocycles. The van der Waals surface area contributed by atoms with Crippen molar-refractivity contribution in [3.63, 3.8) is 0 Å². The molecule has 0 aromatic heterocycles. The monoisotopic (exact) mass is 403 g/mol. The highest BCUT2D eigenvalue weighted by atomic mass is 32.2. The van der Waals surface area contributed by atoms with E-state index in [0.717, 1.165) is 25.7 Å². The fraction of sp³-hybridized carbons (Fsp3) is 0.833. The molecule has 0 spiro atoms. The molecule has 4 heteroatoms. The summed E-state index contributed by atoms with van der Waals surface area (Å²) in [7, 11) is 0. The molecule has 1 amide bonds. The van der Waals surface area contributed by atoms with Gasteiger partial charge in [0.2, 0.25) is 11.0 Å². The molecular formula is C24H37NO2S. The lowest BCUT2D eigenvalue weighted by molar-refractivity contribution is -0.126. The van der Waals surface area contributed by atoms with E-state index in [1.165, 1.54) is 19.3 Å². The Morgan fingerprint density at radius 3 is 2.71 bits per heavy atom. The molecule has 156 valence electrons. The van der Waals surface area contributed by atoms with Gasteiger partial charge in [-0.1, -0.05) is 38.6 Å². The van der Waals surface area contributed by atoms with E-state index in [4.69, 9.17) is 0 Å². The minimum atomic E-state index is -0.115. The Kier molecular flexibility index (Phi) is 5.04. The predicted octanol–water partition coefficient (Wildman–Crippen LogP) is 5.35. The number of carbonyl (C=O) groups is 2. The van der Waals surface area contributed by atoms with Crippen LogP contribution in [0, 0.1) is 34.5 Å². The van der Waals surface area contributed by atoms with E-state index in [0.29, 0.717) is 28.4 Å². The van der Waals surface area contributed by atoms with E-state index in [1.54, 1.807) is 11.8 Å². The second-order valence-electron chi connectivity index (χ2n) is 11.1. The largest absolute Gasteiger partial charge is 0.351 e. The van der Waals surface area contributed by atoms with E-state index < -0.39 is 0 Å². The Morgan fingerprint density at radius 1 is 1.25 bits per heavy atom. The third-order valence-electron chi connectivity index (χ3n) is 9.01. The Hall–Kier alpha value is -0.770. The van der Waals surface area contributed by atoms with Crippen molar-refractivity contribution in [2.75, 3.05) is 0 Å². The van der Waals surface area contributed by atoms with Crippen molar-refractivity contribution in [3.05, 3.63) is 12.2 Å². The van der Waals surface area contributed by atoms with E-state index in [-0.39, 0.29) is 27.9 Å². The first kappa shape index (κ1) is 20.5. The number of hydrogen-bond donors (Lipinski definition) is 1. The zero-order valence-corrected chi connectivity index (χ0v) is 19.0. The molecule has 1 N–H and O–H groups in total. The van der Waals surface area contributed by atoms with Crippen LogP contribution in [0.3, 0.4) is 0 Å². The quantitative estimate of drug-likeness (QED) is 0.691. The molecule has 1 aliphatic heterocycles. The summed E-state index contributed by atoms with van der Waals surface area (Å²) in [5.41, 5.74) is 0.341. The van der Waals surface area contributed by atoms with Crippen molar-refractivity contribution >= 4 is 22.8 Å². The molecule has 7 atom stereocenters. The number of thioether (sulfide) groups is 1. The lowest BCUT2D eigenvalue weighted by Crippen LogP contribution is -2.52. The van der Waals surface area contributed by atoms with Crippen molar-refractivity contribution in [2.24, 2.45) is 34.5 Å². The smallest absolute Gasteiger partial charge is 0.223 e. The lowest BCUT2D eigenvalue weighted by Gasteiger charge is -2.57. The van der Waals surface area contributed by atoms with Crippen LogP contribution in [-0.2, 0) is 9.59 Å². The minimum absolute atomic E-state index is 0.115. The van der Waals surface area contributed by atoms with Crippen LogP contribution in [0.25, 0.3) is 0 Å². The summed E-state index contributed by atoms with van der Waals surface area (Å²) in [4.78, 5) is 25.0. The Bertz CT molecular complexity index is 701. The molecule has 0 aromatic carbocycles. The first-order valence-corrected chi connectivity index (χ1v) is 12.2. The number of rotatable bonds is 3. The van der Waals surface area contributed by atoms with Gasteiger partial charge in [-0.05, 0) is 88.0 Å². The van der Waals surface area contributed by atoms with E-state index >= 15 is 0 Å². The van der Waals surface area contributed by atoms with Crippen LogP contribution in [-0.4, -0.2) is 21.8 Å². The summed E-state index contributed by atoms with van der Waals surface area (Å²) in [6.07, 6.45) is 12.0. The highest BCUT2D eigenvalue weighted by Gasteiger charge is 2.59. The Morgan fingerprint density at radius 2 is 2.00 bits per heavy atom. The number of nitrogens with one attached hydrogen (secondary N) is 1. The zero-order valence-electron chi connectivity index (χ0n) is 18.2. The molecule has 0 bridgehead atoms. The standard InChI is InChI=1S/C24H37NO2S/c1-6-22(2,3)25-21(27)15-13-18-16-7-8-19-24(5,12-10-20(26)28-19)17(16)9-11-23(18,4)14-15/h10,12,15-19H,6-9,11,13-14H2,1-5H3,(H,25,27)/t15-,16+,17-,18-,19+,23+,24+/m0/s1. The SMILES string of the molecule is CCC(C)(C)NC(=O)[C@H]1C[C@H]2[C@@H]3CC[C@H]4SC(=O)C=C[C@]4(C)[C@H]3CC[C@]2(C)C1. The first-order valence-electron chi connectivity index (χ1n) is 11.3. The van der Waals surface area contributed by atoms with Crippen molar-refractivity contribution < 1.29 is 9.59 Å². The van der Waals surface area contributed by atoms with Crippen LogP contribution in [0.2, 0.25) is 0 Å². The van der Waals surface area contributed by atoms with E-state index in [9.17, 15) is 9.59 Å². The summed E-state index contributed by atoms with van der Waals surface area (Å²) < 4.78 is 0. The average molecular weight is 404 g/mol. The van der Waals surface area contributed by atoms with Crippen molar-refractivity contribution in [1.29, 1.82) is 0 Å². The maximum atomic E-state index is 13.0. The van der Waals surface area contributed by atoms with Gasteiger partial charge in [0.25, 0.3) is 0 Å². The van der Waals surface area contributed by atoms with Crippen LogP contribution in [0.1, 0.15) is 79.6 Å². The number of carbonyl (C=O) groups excluding carboxylic acids is 2. The molecule has 0 saturated heterocycles. The molecule has 1 heterocycles. The minimum Gasteiger partial charge on any atom is -0.351 e. The summed E-state index contributed by atoms with van der Waals surface area (Å²) in [6.45, 7) is 11.2. The van der Waals surface area contributed by atoms with Gasteiger partial charge < -0.3 is 5.32 Å². The predicted molar refractivity (Wildman–Crippen MR) is 116 cm³/mol. The van der Waals surface area contributed by atoms with Gasteiger partial charge >= 0.3 is 0 Å². The lowest BCUT2D eigenvalue weighted by atomic mass is 9.50. The molecule has 3 fully saturated rings. The topological polar surface area (TPSA) is 46.2 Å². The van der Waals surface area contributed by atoms with Gasteiger partial charge in [0.05, 0.1) is 0 Å². The molecule has 3 nitrogen and oxygen atoms in total. The van der Waals surface area contributed by atoms with Crippen LogP contribution in [0.5, 0.6) is 0 Å². The fourth-order valence-corrected chi connectivity index (χ4v) is 8.17. The van der Waals surface area contributed by atoms with Crippen molar-refractivity contribution in [2.45, 2.75) is 90.4 Å². The highest BCUT2D eigenvalue weighted by Crippen LogP contribution is 2.65. The molecular weight excluding hydrogens is 366 g/mol. The van der Waals surface area contributed by atoms with Gasteiger partial charge in [-0.2, -0.15) is 0 Å². The van der Waals surface area contributed by atoms with Crippen LogP contribution in [0.15, 0.2) is 12.2 Å². The van der Waals surface area contributed by atoms with Gasteiger partial charge in [-0.25, -0.2) is 0 Å². The normalized spacial score (nSPS) is 45.2. The number of hydrogen-bond acceptors (Lipinski definition) is 3. The number of allylic oxidation sites excluding steroid dienone is 1. The number of amides is 1. The second-order valence-corrected chi connectivity index (χ2v) is 12.3. The number of fused-ring (bicyclic) bond motifs is 5. The third kappa shape index (κ3) is 3.28. The summed E-state index contributed by atoms with van der Waals surface area (Å²) >= 11 is 1.57. The zero-order chi connectivity index (χ0) is 20.3. The van der Waals surface area contributed by atoms with Crippen molar-refractivity contribution in [3.8, 4) is 0 Å². The second kappa shape index (κ2) is 6.89. The van der Waals surface area contributed by atoms with Gasteiger partial charge in [0, 0.05) is 22.1 Å². The summed E-state index contributed by atoms with van der Waals surface area (Å²) in [5, 5.41) is 3.99. The van der Waals surface area contributed by atoms with Gasteiger partial charge in [-0.3, -0.25) is 9.59 Å². The van der Waals surface area contributed by atoms with E-state index in [2.05, 4.69) is 46.0 Å². The maximum absolute atomic E-state index is 13.0. The van der Waals surface area contributed by atoms with Gasteiger partial charge in [0.15, 0.2) is 0 Å². The van der Waals surface area contributed by atoms with E-state index in [1.807, 2.05) is 6.08 Å². The maximum Gasteiger partial charge on any atom is 0.223 e. The summed E-state index contributed by atoms with van der Waals surface area (Å²) in [5.74, 6) is 2.46. The molecule has 0 radical (unpaired) electrons. The van der Waals surface area contributed by atoms with Crippen LogP contribution in [0.4, 0.5) is 0 Å². The average Bonchev–Trinajstić information content (AvgIpc) is 3.00. The van der Waals surface area contributed by atoms with Crippen LogP contribution < -0.4 is 5.32 Å². The third-order valence-corrected chi connectivity index (χ3v) is 10.4. The van der Waals surface area contributed by atoms with Crippen LogP contribution >= 0.6 is 11.8 Å². The molecule has 3 saturated carbocycles. The molecule has 0 aromatic rings. The molecule has 4 rings (SSSR count). The summed E-state index contributed by atoms with van der Waals surface area (Å²) in [6, 6.07) is 0. The molecule has 4 aliphatic rings. The Labute approximate surface area is 174 Å². The molecule has 28 heavy (non-hydrogen) atoms.